The molecule has 1 aliphatic heterocycles. The summed E-state index contributed by atoms with van der Waals surface area (Å²) in [6.07, 6.45) is 18.8. The summed E-state index contributed by atoms with van der Waals surface area (Å²) in [7, 11) is 0. The first kappa shape index (κ1) is 19.9. The number of hydrogen-bond acceptors (Lipinski definition) is 2. The zero-order valence-corrected chi connectivity index (χ0v) is 19.0. The number of carbonyl (C=O) groups excluding carboxylic acids is 1. The van der Waals surface area contributed by atoms with Crippen LogP contribution in [0.5, 0.6) is 0 Å². The van der Waals surface area contributed by atoms with Crippen LogP contribution in [0.2, 0.25) is 0 Å². The van der Waals surface area contributed by atoms with Crippen molar-refractivity contribution in [1.82, 2.24) is 4.90 Å². The van der Waals surface area contributed by atoms with Crippen LogP contribution in [0.15, 0.2) is 23.4 Å². The van der Waals surface area contributed by atoms with Crippen LogP contribution in [-0.4, -0.2) is 23.8 Å². The third-order valence-electron chi connectivity index (χ3n) is 10.3. The summed E-state index contributed by atoms with van der Waals surface area (Å²) in [5, 5.41) is 0. The highest BCUT2D eigenvalue weighted by Crippen LogP contribution is 2.67. The van der Waals surface area contributed by atoms with Gasteiger partial charge in [-0.3, -0.25) is 4.79 Å². The van der Waals surface area contributed by atoms with Gasteiger partial charge in [0.15, 0.2) is 5.78 Å². The van der Waals surface area contributed by atoms with Crippen molar-refractivity contribution in [2.24, 2.45) is 34.5 Å². The lowest BCUT2D eigenvalue weighted by Crippen LogP contribution is -2.50. The molecule has 4 fully saturated rings. The monoisotopic (exact) mass is 395 g/mol. The highest BCUT2D eigenvalue weighted by molar-refractivity contribution is 5.91. The van der Waals surface area contributed by atoms with Gasteiger partial charge in [-0.05, 0) is 118 Å². The number of carbonyl (C=O) groups is 1. The van der Waals surface area contributed by atoms with Crippen LogP contribution >= 0.6 is 0 Å². The van der Waals surface area contributed by atoms with Gasteiger partial charge in [-0.2, -0.15) is 0 Å². The van der Waals surface area contributed by atoms with Crippen molar-refractivity contribution in [3.05, 3.63) is 23.4 Å². The first-order chi connectivity index (χ1) is 13.9. The van der Waals surface area contributed by atoms with E-state index in [0.717, 1.165) is 36.5 Å². The number of nitrogens with zero attached hydrogens (tertiary/aromatic N) is 1. The first-order valence-corrected chi connectivity index (χ1v) is 12.6. The van der Waals surface area contributed by atoms with E-state index in [0.29, 0.717) is 16.6 Å². The van der Waals surface area contributed by atoms with Gasteiger partial charge in [0.2, 0.25) is 0 Å². The van der Waals surface area contributed by atoms with E-state index in [1.807, 2.05) is 0 Å². The van der Waals surface area contributed by atoms with E-state index >= 15 is 0 Å². The number of ketones is 1. The van der Waals surface area contributed by atoms with Gasteiger partial charge in [0.05, 0.1) is 0 Å². The Hall–Kier alpha value is -1.05. The topological polar surface area (TPSA) is 20.3 Å². The molecule has 0 bridgehead atoms. The number of allylic oxidation sites excluding steroid dienone is 2. The zero-order chi connectivity index (χ0) is 20.2. The summed E-state index contributed by atoms with van der Waals surface area (Å²) >= 11 is 0. The Labute approximate surface area is 178 Å². The van der Waals surface area contributed by atoms with Crippen LogP contribution in [0.4, 0.5) is 0 Å². The van der Waals surface area contributed by atoms with Crippen LogP contribution in [0.25, 0.3) is 0 Å². The molecule has 0 amide bonds. The smallest absolute Gasteiger partial charge is 0.155 e. The van der Waals surface area contributed by atoms with Crippen LogP contribution in [-0.2, 0) is 4.79 Å². The predicted molar refractivity (Wildman–Crippen MR) is 119 cm³/mol. The molecule has 0 aromatic rings. The van der Waals surface area contributed by atoms with Crippen molar-refractivity contribution in [2.45, 2.75) is 91.4 Å². The van der Waals surface area contributed by atoms with Gasteiger partial charge in [0.25, 0.3) is 0 Å². The summed E-state index contributed by atoms with van der Waals surface area (Å²) in [4.78, 5) is 14.7. The van der Waals surface area contributed by atoms with E-state index in [4.69, 9.17) is 0 Å². The van der Waals surface area contributed by atoms with Crippen molar-refractivity contribution >= 4 is 5.78 Å². The molecule has 5 rings (SSSR count). The van der Waals surface area contributed by atoms with Crippen molar-refractivity contribution in [2.75, 3.05) is 13.1 Å². The molecular weight excluding hydrogens is 354 g/mol. The molecular formula is C27H41NO. The highest BCUT2D eigenvalue weighted by Gasteiger charge is 2.59. The maximum atomic E-state index is 12.0. The van der Waals surface area contributed by atoms with Gasteiger partial charge in [0, 0.05) is 19.5 Å². The minimum absolute atomic E-state index is 0.314. The summed E-state index contributed by atoms with van der Waals surface area (Å²) < 4.78 is 0. The van der Waals surface area contributed by atoms with E-state index in [1.165, 1.54) is 76.5 Å². The lowest BCUT2D eigenvalue weighted by Gasteiger charge is -2.58. The van der Waals surface area contributed by atoms with Gasteiger partial charge in [-0.25, -0.2) is 0 Å². The number of fused-ring (bicyclic) bond motifs is 5. The number of piperidine rings is 1. The van der Waals surface area contributed by atoms with Gasteiger partial charge in [-0.1, -0.05) is 25.0 Å². The van der Waals surface area contributed by atoms with Gasteiger partial charge in [-0.15, -0.1) is 0 Å². The Bertz CT molecular complexity index is 729. The Kier molecular flexibility index (Phi) is 4.99. The predicted octanol–water partition coefficient (Wildman–Crippen LogP) is 6.52. The van der Waals surface area contributed by atoms with E-state index in [1.54, 1.807) is 5.57 Å². The third-order valence-corrected chi connectivity index (χ3v) is 10.3. The fourth-order valence-corrected chi connectivity index (χ4v) is 8.73. The van der Waals surface area contributed by atoms with Crippen molar-refractivity contribution in [3.8, 4) is 0 Å². The summed E-state index contributed by atoms with van der Waals surface area (Å²) in [6.45, 7) is 10.1. The molecule has 1 heterocycles. The Morgan fingerprint density at radius 2 is 1.79 bits per heavy atom. The summed E-state index contributed by atoms with van der Waals surface area (Å²) in [5.41, 5.74) is 3.99. The van der Waals surface area contributed by atoms with E-state index < -0.39 is 0 Å². The molecule has 0 radical (unpaired) electrons. The molecule has 0 N–H and O–H groups in total. The SMILES string of the molecule is C/C(=C\N1CCCCC1)C1CCC2C3CCC4=CC(=O)CCC4(C)C3CCC12C. The second-order valence-corrected chi connectivity index (χ2v) is 11.6. The molecule has 2 heteroatoms. The second kappa shape index (κ2) is 7.27. The minimum atomic E-state index is 0.314. The lowest BCUT2D eigenvalue weighted by molar-refractivity contribution is -0.117. The molecule has 5 aliphatic rings. The molecule has 29 heavy (non-hydrogen) atoms. The standard InChI is InChI=1S/C27H41NO/c1-19(18-28-15-5-4-6-16-28)23-9-10-24-22-8-7-20-17-21(29)11-13-26(20,2)25(22)12-14-27(23,24)3/h17-18,22-25H,4-16H2,1-3H3/b19-18+. The Morgan fingerprint density at radius 1 is 1.00 bits per heavy atom. The molecule has 4 aliphatic carbocycles. The molecule has 1 saturated heterocycles. The van der Waals surface area contributed by atoms with Crippen LogP contribution < -0.4 is 0 Å². The first-order valence-electron chi connectivity index (χ1n) is 12.6. The zero-order valence-electron chi connectivity index (χ0n) is 19.0. The van der Waals surface area contributed by atoms with Crippen LogP contribution in [0, 0.1) is 34.5 Å². The Balaban J connectivity index is 1.38. The number of likely N-dealkylation sites (tertiary alicyclic amines) is 1. The molecule has 0 aromatic carbocycles. The van der Waals surface area contributed by atoms with Crippen molar-refractivity contribution in [3.63, 3.8) is 0 Å². The maximum absolute atomic E-state index is 12.0. The van der Waals surface area contributed by atoms with Crippen molar-refractivity contribution < 1.29 is 4.79 Å². The average Bonchev–Trinajstić information content (AvgIpc) is 3.06. The Morgan fingerprint density at radius 3 is 2.59 bits per heavy atom. The van der Waals surface area contributed by atoms with Gasteiger partial charge >= 0.3 is 0 Å². The average molecular weight is 396 g/mol. The number of hydrogen-bond donors (Lipinski definition) is 0. The molecule has 6 atom stereocenters. The normalized spacial score (nSPS) is 45.3. The lowest BCUT2D eigenvalue weighted by atomic mass is 9.46. The van der Waals surface area contributed by atoms with Gasteiger partial charge < -0.3 is 4.90 Å². The maximum Gasteiger partial charge on any atom is 0.155 e. The van der Waals surface area contributed by atoms with E-state index in [9.17, 15) is 4.79 Å². The molecule has 0 spiro atoms. The fraction of sp³-hybridized carbons (Fsp3) is 0.815. The second-order valence-electron chi connectivity index (χ2n) is 11.6. The molecule has 160 valence electrons. The quantitative estimate of drug-likeness (QED) is 0.530. The fourth-order valence-electron chi connectivity index (χ4n) is 8.73. The van der Waals surface area contributed by atoms with Crippen molar-refractivity contribution in [1.29, 1.82) is 0 Å². The summed E-state index contributed by atoms with van der Waals surface area (Å²) in [6, 6.07) is 0. The van der Waals surface area contributed by atoms with E-state index in [-0.39, 0.29) is 0 Å². The number of rotatable bonds is 2. The molecule has 3 saturated carbocycles. The molecule has 2 nitrogen and oxygen atoms in total. The molecule has 6 unspecified atom stereocenters. The van der Waals surface area contributed by atoms with Gasteiger partial charge in [0.1, 0.15) is 0 Å². The minimum Gasteiger partial charge on any atom is -0.377 e. The highest BCUT2D eigenvalue weighted by atomic mass is 16.1. The largest absolute Gasteiger partial charge is 0.377 e. The summed E-state index contributed by atoms with van der Waals surface area (Å²) in [5.74, 6) is 3.77. The van der Waals surface area contributed by atoms with E-state index in [2.05, 4.69) is 37.9 Å². The van der Waals surface area contributed by atoms with Crippen LogP contribution in [0.1, 0.15) is 91.4 Å². The van der Waals surface area contributed by atoms with Crippen LogP contribution in [0.3, 0.4) is 0 Å². The molecule has 0 aromatic heterocycles. The third kappa shape index (κ3) is 3.15.